The fraction of sp³-hybridized carbons (Fsp3) is 0.583. The van der Waals surface area contributed by atoms with Gasteiger partial charge in [0.2, 0.25) is 0 Å². The van der Waals surface area contributed by atoms with Crippen LogP contribution >= 0.6 is 11.6 Å². The predicted octanol–water partition coefficient (Wildman–Crippen LogP) is 1.70. The van der Waals surface area contributed by atoms with Gasteiger partial charge in [0, 0.05) is 13.1 Å². The molecule has 2 heterocycles. The van der Waals surface area contributed by atoms with Crippen LogP contribution in [0, 0.1) is 0 Å². The minimum absolute atomic E-state index is 0.0483. The summed E-state index contributed by atoms with van der Waals surface area (Å²) in [5.41, 5.74) is 0. The van der Waals surface area contributed by atoms with Gasteiger partial charge in [-0.2, -0.15) is 0 Å². The molecule has 104 valence electrons. The van der Waals surface area contributed by atoms with Crippen molar-refractivity contribution in [1.82, 2.24) is 20.2 Å². The quantitative estimate of drug-likeness (QED) is 0.917. The molecule has 1 aromatic heterocycles. The number of hydrogen-bond donors (Lipinski definition) is 1. The van der Waals surface area contributed by atoms with Crippen LogP contribution in [0.2, 0.25) is 5.02 Å². The first-order chi connectivity index (χ1) is 9.19. The van der Waals surface area contributed by atoms with Gasteiger partial charge in [0.15, 0.2) is 0 Å². The molecule has 1 aliphatic heterocycles. The number of carbonyl (C=O) groups excluding carboxylic acids is 1. The van der Waals surface area contributed by atoms with Crippen molar-refractivity contribution in [1.29, 1.82) is 0 Å². The van der Waals surface area contributed by atoms with E-state index in [0.29, 0.717) is 24.1 Å². The van der Waals surface area contributed by atoms with E-state index in [-0.39, 0.29) is 12.1 Å². The molecule has 1 fully saturated rings. The maximum atomic E-state index is 11.8. The molecular weight excluding hydrogens is 268 g/mol. The molecule has 0 aliphatic carbocycles. The van der Waals surface area contributed by atoms with Gasteiger partial charge >= 0.3 is 12.0 Å². The zero-order valence-corrected chi connectivity index (χ0v) is 11.6. The van der Waals surface area contributed by atoms with Crippen molar-refractivity contribution in [2.24, 2.45) is 0 Å². The summed E-state index contributed by atoms with van der Waals surface area (Å²) in [5.74, 6) is 0. The molecular formula is C12H17ClN4O2. The van der Waals surface area contributed by atoms with E-state index >= 15 is 0 Å². The Morgan fingerprint density at radius 2 is 2.32 bits per heavy atom. The molecule has 1 aromatic rings. The lowest BCUT2D eigenvalue weighted by Gasteiger charge is -2.32. The van der Waals surface area contributed by atoms with E-state index in [2.05, 4.69) is 15.3 Å². The Kier molecular flexibility index (Phi) is 4.79. The minimum Gasteiger partial charge on any atom is -0.458 e. The first-order valence-electron chi connectivity index (χ1n) is 6.36. The fourth-order valence-electron chi connectivity index (χ4n) is 1.99. The molecule has 6 nitrogen and oxygen atoms in total. The lowest BCUT2D eigenvalue weighted by molar-refractivity contribution is 0.0941. The van der Waals surface area contributed by atoms with Gasteiger partial charge in [0.1, 0.15) is 6.10 Å². The topological polar surface area (TPSA) is 67.4 Å². The van der Waals surface area contributed by atoms with Crippen molar-refractivity contribution in [3.8, 4) is 6.01 Å². The summed E-state index contributed by atoms with van der Waals surface area (Å²) in [7, 11) is 0. The van der Waals surface area contributed by atoms with Gasteiger partial charge in [-0.25, -0.2) is 14.8 Å². The van der Waals surface area contributed by atoms with Gasteiger partial charge in [-0.3, -0.25) is 0 Å². The van der Waals surface area contributed by atoms with Crippen molar-refractivity contribution in [3.63, 3.8) is 0 Å². The van der Waals surface area contributed by atoms with Crippen LogP contribution < -0.4 is 10.1 Å². The highest BCUT2D eigenvalue weighted by atomic mass is 35.5. The van der Waals surface area contributed by atoms with E-state index in [1.807, 2.05) is 6.92 Å². The summed E-state index contributed by atoms with van der Waals surface area (Å²) in [6.07, 6.45) is 4.72. The highest BCUT2D eigenvalue weighted by molar-refractivity contribution is 6.30. The standard InChI is InChI=1S/C12H17ClN4O2/c1-2-14-12(18)17-5-3-4-10(8-17)19-11-15-6-9(13)7-16-11/h6-7,10H,2-5,8H2,1H3,(H,14,18)/t10-/m1/s1. The number of nitrogens with one attached hydrogen (secondary N) is 1. The Labute approximate surface area is 117 Å². The summed E-state index contributed by atoms with van der Waals surface area (Å²) in [6.45, 7) is 3.84. The average molecular weight is 285 g/mol. The van der Waals surface area contributed by atoms with E-state index in [1.54, 1.807) is 4.90 Å². The maximum absolute atomic E-state index is 11.8. The molecule has 1 aliphatic rings. The van der Waals surface area contributed by atoms with Crippen molar-refractivity contribution < 1.29 is 9.53 Å². The van der Waals surface area contributed by atoms with Crippen LogP contribution in [-0.4, -0.2) is 46.6 Å². The molecule has 1 atom stereocenters. The van der Waals surface area contributed by atoms with Crippen molar-refractivity contribution in [2.75, 3.05) is 19.6 Å². The number of likely N-dealkylation sites (tertiary alicyclic amines) is 1. The van der Waals surface area contributed by atoms with Crippen LogP contribution in [0.5, 0.6) is 6.01 Å². The van der Waals surface area contributed by atoms with Crippen LogP contribution in [0.25, 0.3) is 0 Å². The summed E-state index contributed by atoms with van der Waals surface area (Å²) >= 11 is 5.71. The van der Waals surface area contributed by atoms with Crippen LogP contribution in [0.1, 0.15) is 19.8 Å². The van der Waals surface area contributed by atoms with Crippen molar-refractivity contribution >= 4 is 17.6 Å². The molecule has 0 radical (unpaired) electrons. The van der Waals surface area contributed by atoms with Gasteiger partial charge in [-0.1, -0.05) is 11.6 Å². The summed E-state index contributed by atoms with van der Waals surface area (Å²) in [4.78, 5) is 21.5. The monoisotopic (exact) mass is 284 g/mol. The average Bonchev–Trinajstić information content (AvgIpc) is 2.42. The van der Waals surface area contributed by atoms with Crippen LogP contribution in [0.15, 0.2) is 12.4 Å². The van der Waals surface area contributed by atoms with E-state index in [4.69, 9.17) is 16.3 Å². The molecule has 0 saturated carbocycles. The van der Waals surface area contributed by atoms with Gasteiger partial charge < -0.3 is 15.0 Å². The molecule has 0 bridgehead atoms. The predicted molar refractivity (Wildman–Crippen MR) is 71.3 cm³/mol. The highest BCUT2D eigenvalue weighted by Crippen LogP contribution is 2.16. The number of aromatic nitrogens is 2. The number of halogens is 1. The number of piperidine rings is 1. The molecule has 2 amide bonds. The van der Waals surface area contributed by atoms with Crippen LogP contribution in [-0.2, 0) is 0 Å². The number of rotatable bonds is 3. The lowest BCUT2D eigenvalue weighted by atomic mass is 10.1. The summed E-state index contributed by atoms with van der Waals surface area (Å²) < 4.78 is 5.67. The van der Waals surface area contributed by atoms with Crippen molar-refractivity contribution in [3.05, 3.63) is 17.4 Å². The number of ether oxygens (including phenoxy) is 1. The molecule has 7 heteroatoms. The van der Waals surface area contributed by atoms with Crippen LogP contribution in [0.3, 0.4) is 0 Å². The number of carbonyl (C=O) groups is 1. The molecule has 1 N–H and O–H groups in total. The Balaban J connectivity index is 1.90. The number of amides is 2. The Hall–Kier alpha value is -1.56. The normalized spacial score (nSPS) is 19.1. The van der Waals surface area contributed by atoms with E-state index in [0.717, 1.165) is 19.4 Å². The third-order valence-corrected chi connectivity index (χ3v) is 3.06. The molecule has 0 aromatic carbocycles. The summed E-state index contributed by atoms with van der Waals surface area (Å²) in [6, 6.07) is 0.250. The third-order valence-electron chi connectivity index (χ3n) is 2.86. The summed E-state index contributed by atoms with van der Waals surface area (Å²) in [5, 5.41) is 3.26. The molecule has 2 rings (SSSR count). The SMILES string of the molecule is CCNC(=O)N1CCC[C@@H](Oc2ncc(Cl)cn2)C1. The second kappa shape index (κ2) is 6.56. The van der Waals surface area contributed by atoms with Gasteiger partial charge in [0.25, 0.3) is 0 Å². The Morgan fingerprint density at radius 3 is 3.00 bits per heavy atom. The lowest BCUT2D eigenvalue weighted by Crippen LogP contribution is -2.48. The van der Waals surface area contributed by atoms with E-state index in [1.165, 1.54) is 12.4 Å². The maximum Gasteiger partial charge on any atom is 0.317 e. The van der Waals surface area contributed by atoms with Crippen molar-refractivity contribution in [2.45, 2.75) is 25.9 Å². The van der Waals surface area contributed by atoms with Gasteiger partial charge in [-0.05, 0) is 19.8 Å². The number of urea groups is 1. The number of hydrogen-bond acceptors (Lipinski definition) is 4. The Morgan fingerprint density at radius 1 is 1.58 bits per heavy atom. The zero-order valence-electron chi connectivity index (χ0n) is 10.8. The van der Waals surface area contributed by atoms with Gasteiger partial charge in [0.05, 0.1) is 24.0 Å². The second-order valence-electron chi connectivity index (χ2n) is 4.35. The Bertz CT molecular complexity index is 426. The smallest absolute Gasteiger partial charge is 0.317 e. The third kappa shape index (κ3) is 3.96. The largest absolute Gasteiger partial charge is 0.458 e. The van der Waals surface area contributed by atoms with Crippen LogP contribution in [0.4, 0.5) is 4.79 Å². The molecule has 0 unspecified atom stereocenters. The minimum atomic E-state index is -0.0717. The molecule has 1 saturated heterocycles. The highest BCUT2D eigenvalue weighted by Gasteiger charge is 2.25. The fourth-order valence-corrected chi connectivity index (χ4v) is 2.09. The van der Waals surface area contributed by atoms with E-state index in [9.17, 15) is 4.79 Å². The van der Waals surface area contributed by atoms with E-state index < -0.39 is 0 Å². The number of nitrogens with zero attached hydrogens (tertiary/aromatic N) is 3. The molecule has 0 spiro atoms. The molecule has 19 heavy (non-hydrogen) atoms. The second-order valence-corrected chi connectivity index (χ2v) is 4.78. The zero-order chi connectivity index (χ0) is 13.7. The first-order valence-corrected chi connectivity index (χ1v) is 6.74. The van der Waals surface area contributed by atoms with Gasteiger partial charge in [-0.15, -0.1) is 0 Å². The first kappa shape index (κ1) is 13.9.